The Labute approximate surface area is 146 Å². The molecular formula is C17H24N2O2S2. The Kier molecular flexibility index (Phi) is 5.01. The molecule has 6 heteroatoms. The highest BCUT2D eigenvalue weighted by Crippen LogP contribution is 2.44. The number of amides is 2. The van der Waals surface area contributed by atoms with Gasteiger partial charge in [0, 0.05) is 29.9 Å². The van der Waals surface area contributed by atoms with Crippen molar-refractivity contribution in [3.05, 3.63) is 22.4 Å². The van der Waals surface area contributed by atoms with Gasteiger partial charge in [-0.1, -0.05) is 6.07 Å². The first kappa shape index (κ1) is 16.8. The first-order chi connectivity index (χ1) is 11.0. The lowest BCUT2D eigenvalue weighted by molar-refractivity contribution is -0.136. The summed E-state index contributed by atoms with van der Waals surface area (Å²) in [5.74, 6) is 0.684. The lowest BCUT2D eigenvalue weighted by Crippen LogP contribution is -2.44. The van der Waals surface area contributed by atoms with Crippen LogP contribution in [-0.2, 0) is 9.59 Å². The van der Waals surface area contributed by atoms with Crippen LogP contribution in [0.3, 0.4) is 0 Å². The maximum Gasteiger partial charge on any atom is 0.236 e. The smallest absolute Gasteiger partial charge is 0.236 e. The number of rotatable bonds is 6. The van der Waals surface area contributed by atoms with E-state index in [0.717, 1.165) is 12.8 Å². The fourth-order valence-corrected chi connectivity index (χ4v) is 5.21. The highest BCUT2D eigenvalue weighted by atomic mass is 32.2. The minimum absolute atomic E-state index is 0.00580. The van der Waals surface area contributed by atoms with Gasteiger partial charge in [0.05, 0.1) is 5.25 Å². The molecule has 0 aromatic carbocycles. The Morgan fingerprint density at radius 2 is 2.17 bits per heavy atom. The van der Waals surface area contributed by atoms with Crippen LogP contribution in [0.4, 0.5) is 0 Å². The van der Waals surface area contributed by atoms with E-state index < -0.39 is 0 Å². The summed E-state index contributed by atoms with van der Waals surface area (Å²) < 4.78 is 0. The number of hydrogen-bond donors (Lipinski definition) is 0. The Balaban J connectivity index is 1.68. The van der Waals surface area contributed by atoms with Gasteiger partial charge in [-0.05, 0) is 45.1 Å². The molecule has 0 bridgehead atoms. The summed E-state index contributed by atoms with van der Waals surface area (Å²) in [7, 11) is 0. The van der Waals surface area contributed by atoms with E-state index in [1.165, 1.54) is 4.88 Å². The standard InChI is InChI=1S/C17H24N2O2S2/c1-11(2)18(16(21)13-6-7-13)8-9-19-15(20)12(3)23-17(19)14-5-4-10-22-14/h4-5,10-13,17H,6-9H2,1-3H3/t12-,17-/m0/s1. The molecule has 1 saturated carbocycles. The van der Waals surface area contributed by atoms with Gasteiger partial charge >= 0.3 is 0 Å². The second kappa shape index (κ2) is 6.85. The lowest BCUT2D eigenvalue weighted by atomic mass is 10.2. The highest BCUT2D eigenvalue weighted by Gasteiger charge is 2.40. The van der Waals surface area contributed by atoms with E-state index in [1.54, 1.807) is 23.1 Å². The summed E-state index contributed by atoms with van der Waals surface area (Å²) >= 11 is 3.40. The van der Waals surface area contributed by atoms with Gasteiger partial charge in [-0.3, -0.25) is 9.59 Å². The molecule has 2 atom stereocenters. The van der Waals surface area contributed by atoms with Crippen molar-refractivity contribution in [2.75, 3.05) is 13.1 Å². The molecule has 0 N–H and O–H groups in total. The van der Waals surface area contributed by atoms with Crippen molar-refractivity contribution >= 4 is 34.9 Å². The van der Waals surface area contributed by atoms with E-state index >= 15 is 0 Å². The largest absolute Gasteiger partial charge is 0.338 e. The number of carbonyl (C=O) groups excluding carboxylic acids is 2. The van der Waals surface area contributed by atoms with Gasteiger partial charge in [0.1, 0.15) is 5.37 Å². The van der Waals surface area contributed by atoms with Crippen LogP contribution in [0.15, 0.2) is 17.5 Å². The number of nitrogens with zero attached hydrogens (tertiary/aromatic N) is 2. The zero-order valence-corrected chi connectivity index (χ0v) is 15.5. The monoisotopic (exact) mass is 352 g/mol. The van der Waals surface area contributed by atoms with Crippen LogP contribution in [0.5, 0.6) is 0 Å². The summed E-state index contributed by atoms with van der Waals surface area (Å²) in [6, 6.07) is 4.31. The molecule has 1 aliphatic heterocycles. The van der Waals surface area contributed by atoms with Crippen molar-refractivity contribution in [3.8, 4) is 0 Å². The molecule has 0 spiro atoms. The third-order valence-electron chi connectivity index (χ3n) is 4.45. The maximum atomic E-state index is 12.5. The molecular weight excluding hydrogens is 328 g/mol. The van der Waals surface area contributed by atoms with E-state index in [9.17, 15) is 9.59 Å². The summed E-state index contributed by atoms with van der Waals surface area (Å²) in [5, 5.41) is 2.15. The maximum absolute atomic E-state index is 12.5. The Morgan fingerprint density at radius 1 is 1.43 bits per heavy atom. The summed E-state index contributed by atoms with van der Waals surface area (Å²) in [5.41, 5.74) is 0. The van der Waals surface area contributed by atoms with E-state index in [2.05, 4.69) is 25.3 Å². The lowest BCUT2D eigenvalue weighted by Gasteiger charge is -2.31. The van der Waals surface area contributed by atoms with Gasteiger partial charge in [-0.2, -0.15) is 0 Å². The molecule has 23 heavy (non-hydrogen) atoms. The topological polar surface area (TPSA) is 40.6 Å². The second-order valence-electron chi connectivity index (χ2n) is 6.58. The van der Waals surface area contributed by atoms with Crippen molar-refractivity contribution in [2.24, 2.45) is 5.92 Å². The average molecular weight is 353 g/mol. The van der Waals surface area contributed by atoms with Gasteiger partial charge in [0.25, 0.3) is 0 Å². The van der Waals surface area contributed by atoms with Gasteiger partial charge in [-0.15, -0.1) is 23.1 Å². The highest BCUT2D eigenvalue weighted by molar-refractivity contribution is 8.01. The minimum Gasteiger partial charge on any atom is -0.338 e. The Morgan fingerprint density at radius 3 is 2.74 bits per heavy atom. The second-order valence-corrected chi connectivity index (χ2v) is 8.98. The molecule has 0 unspecified atom stereocenters. The van der Waals surface area contributed by atoms with E-state index in [0.29, 0.717) is 13.1 Å². The van der Waals surface area contributed by atoms with Crippen LogP contribution < -0.4 is 0 Å². The summed E-state index contributed by atoms with van der Waals surface area (Å²) in [4.78, 5) is 30.1. The summed E-state index contributed by atoms with van der Waals surface area (Å²) in [6.45, 7) is 7.34. The predicted molar refractivity (Wildman–Crippen MR) is 95.4 cm³/mol. The van der Waals surface area contributed by atoms with E-state index in [4.69, 9.17) is 0 Å². The third-order valence-corrected chi connectivity index (χ3v) is 6.90. The first-order valence-corrected chi connectivity index (χ1v) is 10.1. The molecule has 1 aromatic heterocycles. The van der Waals surface area contributed by atoms with Crippen LogP contribution in [0.1, 0.15) is 43.9 Å². The van der Waals surface area contributed by atoms with Crippen molar-refractivity contribution in [1.29, 1.82) is 0 Å². The number of hydrogen-bond acceptors (Lipinski definition) is 4. The third kappa shape index (κ3) is 3.58. The van der Waals surface area contributed by atoms with Crippen LogP contribution in [-0.4, -0.2) is 46.0 Å². The van der Waals surface area contributed by atoms with Crippen LogP contribution >= 0.6 is 23.1 Å². The molecule has 1 saturated heterocycles. The number of thiophene rings is 1. The van der Waals surface area contributed by atoms with Crippen molar-refractivity contribution < 1.29 is 9.59 Å². The van der Waals surface area contributed by atoms with Gasteiger partial charge < -0.3 is 9.80 Å². The van der Waals surface area contributed by atoms with Crippen molar-refractivity contribution in [3.63, 3.8) is 0 Å². The molecule has 1 aromatic rings. The van der Waals surface area contributed by atoms with E-state index in [1.807, 2.05) is 22.8 Å². The zero-order chi connectivity index (χ0) is 16.6. The van der Waals surface area contributed by atoms with Gasteiger partial charge in [0.15, 0.2) is 0 Å². The summed E-state index contributed by atoms with van der Waals surface area (Å²) in [6.07, 6.45) is 2.05. The Bertz CT molecular complexity index is 569. The van der Waals surface area contributed by atoms with Crippen LogP contribution in [0.2, 0.25) is 0 Å². The van der Waals surface area contributed by atoms with Gasteiger partial charge in [-0.25, -0.2) is 0 Å². The van der Waals surface area contributed by atoms with Gasteiger partial charge in [0.2, 0.25) is 11.8 Å². The quantitative estimate of drug-likeness (QED) is 0.788. The van der Waals surface area contributed by atoms with Crippen molar-refractivity contribution in [1.82, 2.24) is 9.80 Å². The Hall–Kier alpha value is -1.01. The zero-order valence-electron chi connectivity index (χ0n) is 13.9. The SMILES string of the molecule is CC(C)N(CCN1C(=O)[C@H](C)S[C@H]1c1cccs1)C(=O)C1CC1. The number of carbonyl (C=O) groups is 2. The van der Waals surface area contributed by atoms with E-state index in [-0.39, 0.29) is 34.4 Å². The number of thioether (sulfide) groups is 1. The molecule has 3 rings (SSSR count). The fourth-order valence-electron chi connectivity index (χ4n) is 2.96. The van der Waals surface area contributed by atoms with Crippen LogP contribution in [0.25, 0.3) is 0 Å². The molecule has 126 valence electrons. The van der Waals surface area contributed by atoms with Crippen molar-refractivity contribution in [2.45, 2.75) is 50.3 Å². The minimum atomic E-state index is -0.00580. The average Bonchev–Trinajstić information content (AvgIpc) is 3.15. The van der Waals surface area contributed by atoms with Crippen LogP contribution in [0, 0.1) is 5.92 Å². The molecule has 0 radical (unpaired) electrons. The molecule has 2 heterocycles. The predicted octanol–water partition coefficient (Wildman–Crippen LogP) is 3.36. The molecule has 1 aliphatic carbocycles. The fraction of sp³-hybridized carbons (Fsp3) is 0.647. The molecule has 4 nitrogen and oxygen atoms in total. The molecule has 2 aliphatic rings. The first-order valence-electron chi connectivity index (χ1n) is 8.29. The molecule has 2 amide bonds. The molecule has 2 fully saturated rings. The normalized spacial score (nSPS) is 24.5.